The monoisotopic (exact) mass is 499 g/mol. The highest BCUT2D eigenvalue weighted by Crippen LogP contribution is 2.11. The first-order chi connectivity index (χ1) is 16.8. The lowest BCUT2D eigenvalue weighted by molar-refractivity contribution is -0.140. The Labute approximate surface area is 212 Å². The summed E-state index contributed by atoms with van der Waals surface area (Å²) in [6.45, 7) is 4.31. The fraction of sp³-hybridized carbons (Fsp3) is 0.444. The van der Waals surface area contributed by atoms with Crippen LogP contribution < -0.4 is 16.0 Å². The Balaban J connectivity index is 2.16. The third kappa shape index (κ3) is 10.5. The van der Waals surface area contributed by atoms with Gasteiger partial charge in [0.15, 0.2) is 0 Å². The zero-order valence-electron chi connectivity index (χ0n) is 20.7. The molecule has 35 heavy (non-hydrogen) atoms. The summed E-state index contributed by atoms with van der Waals surface area (Å²) >= 11 is 1.56. The van der Waals surface area contributed by atoms with Crippen LogP contribution in [0.1, 0.15) is 37.8 Å². The summed E-state index contributed by atoms with van der Waals surface area (Å²) in [5, 5.41) is 18.5. The maximum Gasteiger partial charge on any atom is 0.320 e. The quantitative estimate of drug-likeness (QED) is 0.300. The Hall–Kier alpha value is -2.84. The van der Waals surface area contributed by atoms with E-state index < -0.39 is 24.1 Å². The second-order valence-electron chi connectivity index (χ2n) is 8.98. The summed E-state index contributed by atoms with van der Waals surface area (Å²) in [6.07, 6.45) is 3.11. The number of nitrogens with one attached hydrogen (secondary N) is 3. The van der Waals surface area contributed by atoms with E-state index in [1.807, 2.05) is 80.8 Å². The fourth-order valence-electron chi connectivity index (χ4n) is 3.72. The van der Waals surface area contributed by atoms with E-state index >= 15 is 0 Å². The van der Waals surface area contributed by atoms with Crippen molar-refractivity contribution < 1.29 is 19.5 Å². The normalized spacial score (nSPS) is 13.6. The van der Waals surface area contributed by atoms with Crippen LogP contribution in [0.2, 0.25) is 0 Å². The molecule has 0 spiro atoms. The number of thioether (sulfide) groups is 1. The van der Waals surface area contributed by atoms with E-state index in [2.05, 4.69) is 16.0 Å². The molecular formula is C27H37N3O4S. The van der Waals surface area contributed by atoms with Crippen LogP contribution in [0.4, 0.5) is 0 Å². The lowest BCUT2D eigenvalue weighted by atomic mass is 10.00. The van der Waals surface area contributed by atoms with Crippen LogP contribution in [-0.4, -0.2) is 53.0 Å². The lowest BCUT2D eigenvalue weighted by Gasteiger charge is -2.26. The molecule has 2 rings (SSSR count). The number of carbonyl (C=O) groups excluding carboxylic acids is 2. The van der Waals surface area contributed by atoms with Gasteiger partial charge in [-0.05, 0) is 41.9 Å². The molecule has 0 radical (unpaired) electrons. The first-order valence-corrected chi connectivity index (χ1v) is 13.3. The number of carbonyl (C=O) groups is 3. The Kier molecular flexibility index (Phi) is 12.3. The van der Waals surface area contributed by atoms with E-state index in [0.29, 0.717) is 31.6 Å². The van der Waals surface area contributed by atoms with Crippen LogP contribution in [-0.2, 0) is 27.3 Å². The molecule has 0 aromatic heterocycles. The van der Waals surface area contributed by atoms with Gasteiger partial charge in [0.1, 0.15) is 12.1 Å². The fourth-order valence-corrected chi connectivity index (χ4v) is 4.19. The molecule has 3 atom stereocenters. The Morgan fingerprint density at radius 1 is 0.857 bits per heavy atom. The number of hydrogen-bond acceptors (Lipinski definition) is 5. The molecule has 7 nitrogen and oxygen atoms in total. The number of carboxylic acid groups (broad SMARTS) is 1. The summed E-state index contributed by atoms with van der Waals surface area (Å²) in [4.78, 5) is 38.2. The third-order valence-corrected chi connectivity index (χ3v) is 6.20. The minimum atomic E-state index is -0.984. The van der Waals surface area contributed by atoms with Crippen LogP contribution in [0.25, 0.3) is 0 Å². The van der Waals surface area contributed by atoms with Gasteiger partial charge in [0.05, 0.1) is 6.04 Å². The van der Waals surface area contributed by atoms with Crippen molar-refractivity contribution in [3.8, 4) is 0 Å². The summed E-state index contributed by atoms with van der Waals surface area (Å²) in [6, 6.07) is 16.7. The number of aliphatic carboxylic acids is 1. The van der Waals surface area contributed by atoms with Gasteiger partial charge in [0, 0.05) is 13.0 Å². The standard InChI is InChI=1S/C27H37N3O4S/c1-19(2)16-23(29-22(27(33)34)14-15-35-3)26(32)30-24(17-20-10-6-4-7-11-20)25(31)28-18-21-12-8-5-9-13-21/h4-13,19,22-24,29H,14-18H2,1-3H3,(H,28,31)(H,30,32)(H,33,34)/t22-,23?,24+/m1/s1. The molecule has 2 amide bonds. The predicted molar refractivity (Wildman–Crippen MR) is 141 cm³/mol. The Bertz CT molecular complexity index is 925. The molecule has 0 aliphatic carbocycles. The van der Waals surface area contributed by atoms with E-state index in [4.69, 9.17) is 0 Å². The van der Waals surface area contributed by atoms with Crippen LogP contribution >= 0.6 is 11.8 Å². The van der Waals surface area contributed by atoms with Crippen LogP contribution in [0.3, 0.4) is 0 Å². The van der Waals surface area contributed by atoms with E-state index in [1.54, 1.807) is 11.8 Å². The van der Waals surface area contributed by atoms with Gasteiger partial charge in [-0.1, -0.05) is 74.5 Å². The average molecular weight is 500 g/mol. The molecule has 0 aliphatic rings. The predicted octanol–water partition coefficient (Wildman–Crippen LogP) is 3.24. The number of benzene rings is 2. The molecule has 0 saturated carbocycles. The highest BCUT2D eigenvalue weighted by molar-refractivity contribution is 7.98. The van der Waals surface area contributed by atoms with Crippen molar-refractivity contribution in [2.75, 3.05) is 12.0 Å². The van der Waals surface area contributed by atoms with Crippen molar-refractivity contribution >= 4 is 29.5 Å². The van der Waals surface area contributed by atoms with E-state index in [1.165, 1.54) is 0 Å². The molecule has 8 heteroatoms. The molecule has 1 unspecified atom stereocenters. The van der Waals surface area contributed by atoms with Crippen molar-refractivity contribution in [1.82, 2.24) is 16.0 Å². The maximum absolute atomic E-state index is 13.3. The Morgan fingerprint density at radius 3 is 2.00 bits per heavy atom. The van der Waals surface area contributed by atoms with Crippen molar-refractivity contribution in [3.63, 3.8) is 0 Å². The van der Waals surface area contributed by atoms with Gasteiger partial charge in [0.25, 0.3) is 0 Å². The SMILES string of the molecule is CSCC[C@@H](NC(CC(C)C)C(=O)N[C@@H](Cc1ccccc1)C(=O)NCc1ccccc1)C(=O)O. The minimum Gasteiger partial charge on any atom is -0.480 e. The maximum atomic E-state index is 13.3. The summed E-state index contributed by atoms with van der Waals surface area (Å²) < 4.78 is 0. The minimum absolute atomic E-state index is 0.160. The van der Waals surface area contributed by atoms with Crippen LogP contribution in [0.5, 0.6) is 0 Å². The highest BCUT2D eigenvalue weighted by atomic mass is 32.2. The summed E-state index contributed by atoms with van der Waals surface area (Å²) in [7, 11) is 0. The first kappa shape index (κ1) is 28.4. The molecule has 0 saturated heterocycles. The zero-order valence-corrected chi connectivity index (χ0v) is 21.5. The van der Waals surface area contributed by atoms with Crippen LogP contribution in [0, 0.1) is 5.92 Å². The summed E-state index contributed by atoms with van der Waals surface area (Å²) in [5.41, 5.74) is 1.88. The van der Waals surface area contributed by atoms with Crippen molar-refractivity contribution in [1.29, 1.82) is 0 Å². The second-order valence-corrected chi connectivity index (χ2v) is 9.96. The van der Waals surface area contributed by atoms with E-state index in [-0.39, 0.29) is 17.7 Å². The van der Waals surface area contributed by atoms with E-state index in [9.17, 15) is 19.5 Å². The molecule has 0 heterocycles. The molecule has 0 fully saturated rings. The van der Waals surface area contributed by atoms with Gasteiger partial charge in [-0.3, -0.25) is 19.7 Å². The van der Waals surface area contributed by atoms with Crippen LogP contribution in [0.15, 0.2) is 60.7 Å². The molecule has 0 aliphatic heterocycles. The number of carboxylic acids is 1. The van der Waals surface area contributed by atoms with Crippen molar-refractivity contribution in [2.45, 2.75) is 57.8 Å². The number of amides is 2. The largest absolute Gasteiger partial charge is 0.480 e. The van der Waals surface area contributed by atoms with Crippen molar-refractivity contribution in [3.05, 3.63) is 71.8 Å². The molecule has 2 aromatic carbocycles. The zero-order chi connectivity index (χ0) is 25.6. The molecule has 190 valence electrons. The molecular weight excluding hydrogens is 462 g/mol. The Morgan fingerprint density at radius 2 is 1.46 bits per heavy atom. The lowest BCUT2D eigenvalue weighted by Crippen LogP contribution is -2.56. The van der Waals surface area contributed by atoms with Gasteiger partial charge in [-0.15, -0.1) is 0 Å². The van der Waals surface area contributed by atoms with Crippen molar-refractivity contribution in [2.24, 2.45) is 5.92 Å². The summed E-state index contributed by atoms with van der Waals surface area (Å²) in [5.74, 6) is -0.815. The molecule has 4 N–H and O–H groups in total. The third-order valence-electron chi connectivity index (χ3n) is 5.56. The van der Waals surface area contributed by atoms with Gasteiger partial charge < -0.3 is 15.7 Å². The number of hydrogen-bond donors (Lipinski definition) is 4. The van der Waals surface area contributed by atoms with Gasteiger partial charge >= 0.3 is 5.97 Å². The molecule has 2 aromatic rings. The van der Waals surface area contributed by atoms with Gasteiger partial charge in [-0.2, -0.15) is 11.8 Å². The first-order valence-electron chi connectivity index (χ1n) is 11.9. The number of rotatable bonds is 15. The van der Waals surface area contributed by atoms with Gasteiger partial charge in [0.2, 0.25) is 11.8 Å². The van der Waals surface area contributed by atoms with E-state index in [0.717, 1.165) is 11.1 Å². The second kappa shape index (κ2) is 15.2. The highest BCUT2D eigenvalue weighted by Gasteiger charge is 2.30. The van der Waals surface area contributed by atoms with Gasteiger partial charge in [-0.25, -0.2) is 0 Å². The topological polar surface area (TPSA) is 108 Å². The smallest absolute Gasteiger partial charge is 0.320 e. The average Bonchev–Trinajstić information content (AvgIpc) is 2.84. The molecule has 0 bridgehead atoms.